The highest BCUT2D eigenvalue weighted by atomic mass is 19.2. The molecule has 2 atom stereocenters. The van der Waals surface area contributed by atoms with Gasteiger partial charge in [0.15, 0.2) is 11.6 Å². The summed E-state index contributed by atoms with van der Waals surface area (Å²) in [7, 11) is 2.11. The molecule has 0 aliphatic carbocycles. The Kier molecular flexibility index (Phi) is 4.30. The number of rotatable bonds is 3. The number of hydrogen-bond acceptors (Lipinski definition) is 2. The van der Waals surface area contributed by atoms with Crippen molar-refractivity contribution in [2.24, 2.45) is 5.92 Å². The molecule has 0 saturated carbocycles. The zero-order valence-corrected chi connectivity index (χ0v) is 10.9. The lowest BCUT2D eigenvalue weighted by Gasteiger charge is -2.35. The van der Waals surface area contributed by atoms with Crippen LogP contribution in [0.1, 0.15) is 18.9 Å². The van der Waals surface area contributed by atoms with E-state index in [9.17, 15) is 8.78 Å². The van der Waals surface area contributed by atoms with Gasteiger partial charge in [-0.15, -0.1) is 0 Å². The van der Waals surface area contributed by atoms with Gasteiger partial charge in [0.05, 0.1) is 0 Å². The largest absolute Gasteiger partial charge is 0.309 e. The lowest BCUT2D eigenvalue weighted by molar-refractivity contribution is 0.174. The van der Waals surface area contributed by atoms with E-state index < -0.39 is 11.6 Å². The normalized spacial score (nSPS) is 25.3. The lowest BCUT2D eigenvalue weighted by atomic mass is 9.94. The SMILES string of the molecule is CC1CN(C)CCC1NCc1cccc(F)c1F. The van der Waals surface area contributed by atoms with Gasteiger partial charge in [-0.05, 0) is 32.0 Å². The Balaban J connectivity index is 1.93. The summed E-state index contributed by atoms with van der Waals surface area (Å²) in [4.78, 5) is 2.30. The van der Waals surface area contributed by atoms with Crippen molar-refractivity contribution in [3.63, 3.8) is 0 Å². The molecule has 2 rings (SSSR count). The smallest absolute Gasteiger partial charge is 0.163 e. The minimum Gasteiger partial charge on any atom is -0.309 e. The zero-order valence-electron chi connectivity index (χ0n) is 10.9. The quantitative estimate of drug-likeness (QED) is 0.891. The van der Waals surface area contributed by atoms with Crippen LogP contribution in [0.25, 0.3) is 0 Å². The molecule has 0 aromatic heterocycles. The number of benzene rings is 1. The van der Waals surface area contributed by atoms with E-state index in [-0.39, 0.29) is 0 Å². The first-order valence-corrected chi connectivity index (χ1v) is 6.42. The van der Waals surface area contributed by atoms with E-state index in [1.807, 2.05) is 0 Å². The number of nitrogens with zero attached hydrogens (tertiary/aromatic N) is 1. The Hall–Kier alpha value is -1.00. The lowest BCUT2D eigenvalue weighted by Crippen LogP contribution is -2.46. The topological polar surface area (TPSA) is 15.3 Å². The fourth-order valence-electron chi connectivity index (χ4n) is 2.58. The number of piperidine rings is 1. The first-order valence-electron chi connectivity index (χ1n) is 6.42. The molecule has 1 aromatic rings. The molecule has 1 heterocycles. The van der Waals surface area contributed by atoms with Crippen LogP contribution in [-0.4, -0.2) is 31.1 Å². The molecule has 100 valence electrons. The highest BCUT2D eigenvalue weighted by Gasteiger charge is 2.23. The molecule has 1 aliphatic rings. The Bertz CT molecular complexity index is 409. The standard InChI is InChI=1S/C14H20F2N2/c1-10-9-18(2)7-6-13(10)17-8-11-4-3-5-12(15)14(11)16/h3-5,10,13,17H,6-9H2,1-2H3. The molecular formula is C14H20F2N2. The second-order valence-corrected chi connectivity index (χ2v) is 5.23. The summed E-state index contributed by atoms with van der Waals surface area (Å²) in [6, 6.07) is 4.71. The third-order valence-corrected chi connectivity index (χ3v) is 3.69. The van der Waals surface area contributed by atoms with E-state index in [0.29, 0.717) is 24.1 Å². The summed E-state index contributed by atoms with van der Waals surface area (Å²) >= 11 is 0. The van der Waals surface area contributed by atoms with Gasteiger partial charge >= 0.3 is 0 Å². The maximum Gasteiger partial charge on any atom is 0.163 e. The van der Waals surface area contributed by atoms with Gasteiger partial charge in [0.2, 0.25) is 0 Å². The highest BCUT2D eigenvalue weighted by molar-refractivity contribution is 5.18. The van der Waals surface area contributed by atoms with E-state index in [4.69, 9.17) is 0 Å². The maximum absolute atomic E-state index is 13.5. The summed E-state index contributed by atoms with van der Waals surface area (Å²) in [5, 5.41) is 3.34. The van der Waals surface area contributed by atoms with E-state index in [1.165, 1.54) is 0 Å². The number of hydrogen-bond donors (Lipinski definition) is 1. The third kappa shape index (κ3) is 3.06. The molecule has 2 unspecified atom stereocenters. The number of halogens is 2. The third-order valence-electron chi connectivity index (χ3n) is 3.69. The van der Waals surface area contributed by atoms with E-state index >= 15 is 0 Å². The molecule has 1 fully saturated rings. The fraction of sp³-hybridized carbons (Fsp3) is 0.571. The molecule has 1 aliphatic heterocycles. The van der Waals surface area contributed by atoms with Crippen molar-refractivity contribution >= 4 is 0 Å². The number of nitrogens with one attached hydrogen (secondary N) is 1. The van der Waals surface area contributed by atoms with Crippen LogP contribution in [0.2, 0.25) is 0 Å². The molecule has 4 heteroatoms. The Labute approximate surface area is 107 Å². The van der Waals surface area contributed by atoms with E-state index in [2.05, 4.69) is 24.2 Å². The van der Waals surface area contributed by atoms with Crippen LogP contribution in [-0.2, 0) is 6.54 Å². The Morgan fingerprint density at radius 3 is 2.89 bits per heavy atom. The fourth-order valence-corrected chi connectivity index (χ4v) is 2.58. The van der Waals surface area contributed by atoms with E-state index in [0.717, 1.165) is 25.6 Å². The van der Waals surface area contributed by atoms with Crippen molar-refractivity contribution in [2.75, 3.05) is 20.1 Å². The molecule has 1 saturated heterocycles. The minimum absolute atomic E-state index is 0.379. The van der Waals surface area contributed by atoms with Crippen LogP contribution in [0.5, 0.6) is 0 Å². The Morgan fingerprint density at radius 1 is 1.39 bits per heavy atom. The van der Waals surface area contributed by atoms with Gasteiger partial charge < -0.3 is 10.2 Å². The van der Waals surface area contributed by atoms with Gasteiger partial charge in [-0.2, -0.15) is 0 Å². The van der Waals surface area contributed by atoms with Gasteiger partial charge in [0.1, 0.15) is 0 Å². The second kappa shape index (κ2) is 5.76. The minimum atomic E-state index is -0.772. The van der Waals surface area contributed by atoms with Crippen molar-refractivity contribution in [1.29, 1.82) is 0 Å². The van der Waals surface area contributed by atoms with Gasteiger partial charge in [-0.25, -0.2) is 8.78 Å². The van der Waals surface area contributed by atoms with Crippen LogP contribution >= 0.6 is 0 Å². The van der Waals surface area contributed by atoms with Gasteiger partial charge in [0.25, 0.3) is 0 Å². The zero-order chi connectivity index (χ0) is 13.1. The average Bonchev–Trinajstić information content (AvgIpc) is 2.33. The summed E-state index contributed by atoms with van der Waals surface area (Å²) < 4.78 is 26.6. The van der Waals surface area contributed by atoms with Crippen LogP contribution in [0.3, 0.4) is 0 Å². The summed E-state index contributed by atoms with van der Waals surface area (Å²) in [5.74, 6) is -0.975. The monoisotopic (exact) mass is 254 g/mol. The highest BCUT2D eigenvalue weighted by Crippen LogP contribution is 2.17. The Morgan fingerprint density at radius 2 is 2.17 bits per heavy atom. The van der Waals surface area contributed by atoms with Crippen LogP contribution in [0.15, 0.2) is 18.2 Å². The summed E-state index contributed by atoms with van der Waals surface area (Å²) in [6.45, 7) is 4.68. The van der Waals surface area contributed by atoms with Gasteiger partial charge in [0, 0.05) is 24.7 Å². The van der Waals surface area contributed by atoms with Crippen LogP contribution in [0.4, 0.5) is 8.78 Å². The van der Waals surface area contributed by atoms with Crippen molar-refractivity contribution in [2.45, 2.75) is 25.9 Å². The summed E-state index contributed by atoms with van der Waals surface area (Å²) in [6.07, 6.45) is 1.05. The predicted molar refractivity (Wildman–Crippen MR) is 68.3 cm³/mol. The molecule has 0 bridgehead atoms. The predicted octanol–water partition coefficient (Wildman–Crippen LogP) is 2.39. The summed E-state index contributed by atoms with van der Waals surface area (Å²) in [5.41, 5.74) is 0.404. The van der Waals surface area contributed by atoms with E-state index in [1.54, 1.807) is 12.1 Å². The molecule has 1 N–H and O–H groups in total. The van der Waals surface area contributed by atoms with Crippen molar-refractivity contribution in [3.05, 3.63) is 35.4 Å². The molecule has 18 heavy (non-hydrogen) atoms. The first kappa shape index (κ1) is 13.4. The second-order valence-electron chi connectivity index (χ2n) is 5.23. The number of likely N-dealkylation sites (tertiary alicyclic amines) is 1. The molecule has 1 aromatic carbocycles. The van der Waals surface area contributed by atoms with Crippen LogP contribution < -0.4 is 5.32 Å². The maximum atomic E-state index is 13.5. The van der Waals surface area contributed by atoms with Gasteiger partial charge in [-0.3, -0.25) is 0 Å². The molecule has 0 spiro atoms. The molecule has 2 nitrogen and oxygen atoms in total. The molecular weight excluding hydrogens is 234 g/mol. The van der Waals surface area contributed by atoms with Gasteiger partial charge in [-0.1, -0.05) is 19.1 Å². The molecule has 0 amide bonds. The first-order chi connectivity index (χ1) is 8.58. The van der Waals surface area contributed by atoms with Crippen LogP contribution in [0, 0.1) is 17.6 Å². The van der Waals surface area contributed by atoms with Crippen molar-refractivity contribution in [1.82, 2.24) is 10.2 Å². The van der Waals surface area contributed by atoms with Crippen molar-refractivity contribution < 1.29 is 8.78 Å². The molecule has 0 radical (unpaired) electrons. The van der Waals surface area contributed by atoms with Crippen molar-refractivity contribution in [3.8, 4) is 0 Å². The average molecular weight is 254 g/mol.